The third-order valence-corrected chi connectivity index (χ3v) is 4.32. The molecule has 1 aromatic heterocycles. The number of aliphatic hydroxyl groups is 1. The number of carbonyl (C=O) groups excluding carboxylic acids is 1. The van der Waals surface area contributed by atoms with Crippen molar-refractivity contribution in [2.24, 2.45) is 0 Å². The molecule has 1 saturated heterocycles. The molecule has 3 rings (SSSR count). The Hall–Kier alpha value is -2.81. The summed E-state index contributed by atoms with van der Waals surface area (Å²) in [6.07, 6.45) is -3.48. The highest BCUT2D eigenvalue weighted by Crippen LogP contribution is 2.35. The van der Waals surface area contributed by atoms with Crippen LogP contribution in [0.25, 0.3) is 0 Å². The maximum Gasteiger partial charge on any atom is 0.421 e. The second-order valence-electron chi connectivity index (χ2n) is 6.31. The van der Waals surface area contributed by atoms with Gasteiger partial charge >= 0.3 is 6.18 Å². The van der Waals surface area contributed by atoms with Crippen LogP contribution in [0.1, 0.15) is 17.5 Å². The number of alkyl halides is 3. The van der Waals surface area contributed by atoms with E-state index >= 15 is 0 Å². The molecule has 0 bridgehead atoms. The fourth-order valence-electron chi connectivity index (χ4n) is 2.84. The zero-order valence-corrected chi connectivity index (χ0v) is 14.9. The lowest BCUT2D eigenvalue weighted by atomic mass is 10.2. The van der Waals surface area contributed by atoms with Crippen molar-refractivity contribution in [3.63, 3.8) is 0 Å². The lowest BCUT2D eigenvalue weighted by Crippen LogP contribution is -2.34. The molecule has 1 amide bonds. The van der Waals surface area contributed by atoms with E-state index in [9.17, 15) is 18.0 Å². The van der Waals surface area contributed by atoms with E-state index in [1.165, 1.54) is 17.2 Å². The second-order valence-corrected chi connectivity index (χ2v) is 6.31. The summed E-state index contributed by atoms with van der Waals surface area (Å²) in [6, 6.07) is 8.78. The fourth-order valence-corrected chi connectivity index (χ4v) is 2.84. The zero-order valence-electron chi connectivity index (χ0n) is 14.9. The predicted octanol–water partition coefficient (Wildman–Crippen LogP) is 2.65. The first-order valence-corrected chi connectivity index (χ1v) is 8.66. The van der Waals surface area contributed by atoms with Gasteiger partial charge in [0.25, 0.3) is 5.91 Å². The molecule has 1 fully saturated rings. The van der Waals surface area contributed by atoms with Crippen LogP contribution in [-0.2, 0) is 17.6 Å². The number of nitrogens with zero attached hydrogens (tertiary/aromatic N) is 2. The molecule has 1 aliphatic heterocycles. The third kappa shape index (κ3) is 4.92. The minimum Gasteiger partial charge on any atom is -0.484 e. The number of hydrogen-bond acceptors (Lipinski definition) is 5. The molecular formula is C19H19F3N2O4. The van der Waals surface area contributed by atoms with Crippen molar-refractivity contribution in [2.75, 3.05) is 19.7 Å². The number of carbonyl (C=O) groups is 1. The first-order chi connectivity index (χ1) is 13.4. The van der Waals surface area contributed by atoms with Crippen molar-refractivity contribution >= 4 is 5.91 Å². The maximum atomic E-state index is 13.0. The maximum absolute atomic E-state index is 13.0. The molecule has 0 saturated carbocycles. The van der Waals surface area contributed by atoms with Crippen molar-refractivity contribution in [1.29, 1.82) is 0 Å². The summed E-state index contributed by atoms with van der Waals surface area (Å²) < 4.78 is 49.9. The summed E-state index contributed by atoms with van der Waals surface area (Å²) in [6.45, 7) is 0.257. The fraction of sp³-hybridized carbons (Fsp3) is 0.368. The highest BCUT2D eigenvalue weighted by molar-refractivity contribution is 5.78. The van der Waals surface area contributed by atoms with Gasteiger partial charge in [-0.2, -0.15) is 13.2 Å². The number of aromatic nitrogens is 1. The Bertz CT molecular complexity index is 812. The normalized spacial score (nSPS) is 16.9. The van der Waals surface area contributed by atoms with E-state index in [-0.39, 0.29) is 25.7 Å². The number of amides is 1. The molecule has 28 heavy (non-hydrogen) atoms. The molecule has 2 aromatic rings. The molecule has 0 radical (unpaired) electrons. The SMILES string of the molecule is O=C(COc1ccc(CO)cc1)N1CCC(Oc2ncccc2C(F)(F)F)C1. The Kier molecular flexibility index (Phi) is 6.03. The highest BCUT2D eigenvalue weighted by atomic mass is 19.4. The van der Waals surface area contributed by atoms with E-state index in [4.69, 9.17) is 14.6 Å². The zero-order chi connectivity index (χ0) is 20.1. The van der Waals surface area contributed by atoms with Gasteiger partial charge in [0.1, 0.15) is 17.4 Å². The number of likely N-dealkylation sites (tertiary alicyclic amines) is 1. The molecule has 2 heterocycles. The summed E-state index contributed by atoms with van der Waals surface area (Å²) in [5.74, 6) is -0.273. The van der Waals surface area contributed by atoms with Crippen LogP contribution >= 0.6 is 0 Å². The molecule has 1 aliphatic rings. The number of benzene rings is 1. The van der Waals surface area contributed by atoms with E-state index in [0.29, 0.717) is 18.7 Å². The quantitative estimate of drug-likeness (QED) is 0.813. The Morgan fingerprint density at radius 2 is 2.00 bits per heavy atom. The van der Waals surface area contributed by atoms with E-state index in [2.05, 4.69) is 4.98 Å². The van der Waals surface area contributed by atoms with Crippen LogP contribution < -0.4 is 9.47 Å². The molecule has 150 valence electrons. The Balaban J connectivity index is 1.53. The van der Waals surface area contributed by atoms with Crippen molar-refractivity contribution in [3.8, 4) is 11.6 Å². The Labute approximate surface area is 159 Å². The van der Waals surface area contributed by atoms with Crippen molar-refractivity contribution in [3.05, 3.63) is 53.7 Å². The topological polar surface area (TPSA) is 71.9 Å². The average Bonchev–Trinajstić information content (AvgIpc) is 3.14. The van der Waals surface area contributed by atoms with Gasteiger partial charge in [-0.15, -0.1) is 0 Å². The van der Waals surface area contributed by atoms with Crippen LogP contribution in [0.2, 0.25) is 0 Å². The Morgan fingerprint density at radius 3 is 2.68 bits per heavy atom. The number of hydrogen-bond donors (Lipinski definition) is 1. The molecular weight excluding hydrogens is 377 g/mol. The van der Waals surface area contributed by atoms with Gasteiger partial charge in [-0.1, -0.05) is 12.1 Å². The van der Waals surface area contributed by atoms with E-state index in [0.717, 1.165) is 11.6 Å². The van der Waals surface area contributed by atoms with Gasteiger partial charge in [-0.05, 0) is 29.8 Å². The van der Waals surface area contributed by atoms with Crippen molar-refractivity contribution < 1.29 is 32.5 Å². The molecule has 1 atom stereocenters. The molecule has 1 aromatic carbocycles. The van der Waals surface area contributed by atoms with Crippen molar-refractivity contribution in [1.82, 2.24) is 9.88 Å². The minimum absolute atomic E-state index is 0.0826. The van der Waals surface area contributed by atoms with Crippen LogP contribution in [0, 0.1) is 0 Å². The van der Waals surface area contributed by atoms with Gasteiger partial charge in [0.2, 0.25) is 5.88 Å². The summed E-state index contributed by atoms with van der Waals surface area (Å²) >= 11 is 0. The van der Waals surface area contributed by atoms with Gasteiger partial charge in [0.15, 0.2) is 6.61 Å². The number of pyridine rings is 1. The lowest BCUT2D eigenvalue weighted by molar-refractivity contribution is -0.140. The molecule has 0 aliphatic carbocycles. The number of halogens is 3. The van der Waals surface area contributed by atoms with Gasteiger partial charge < -0.3 is 19.5 Å². The van der Waals surface area contributed by atoms with Crippen LogP contribution in [0.15, 0.2) is 42.6 Å². The lowest BCUT2D eigenvalue weighted by Gasteiger charge is -2.18. The van der Waals surface area contributed by atoms with Crippen LogP contribution in [0.4, 0.5) is 13.2 Å². The van der Waals surface area contributed by atoms with Gasteiger partial charge in [0, 0.05) is 19.2 Å². The van der Waals surface area contributed by atoms with E-state index < -0.39 is 23.7 Å². The third-order valence-electron chi connectivity index (χ3n) is 4.32. The van der Waals surface area contributed by atoms with Crippen LogP contribution in [-0.4, -0.2) is 46.7 Å². The largest absolute Gasteiger partial charge is 0.484 e. The molecule has 1 N–H and O–H groups in total. The van der Waals surface area contributed by atoms with Gasteiger partial charge in [0.05, 0.1) is 13.2 Å². The summed E-state index contributed by atoms with van der Waals surface area (Å²) in [5, 5.41) is 9.00. The first kappa shape index (κ1) is 19.9. The van der Waals surface area contributed by atoms with Crippen molar-refractivity contribution in [2.45, 2.75) is 25.3 Å². The average molecular weight is 396 g/mol. The molecule has 6 nitrogen and oxygen atoms in total. The summed E-state index contributed by atoms with van der Waals surface area (Å²) in [4.78, 5) is 17.4. The monoisotopic (exact) mass is 396 g/mol. The number of ether oxygens (including phenoxy) is 2. The standard InChI is InChI=1S/C19H19F3N2O4/c20-19(21,22)16-2-1-8-23-18(16)28-15-7-9-24(10-15)17(26)12-27-14-5-3-13(11-25)4-6-14/h1-6,8,15,25H,7,9-12H2. The Morgan fingerprint density at radius 1 is 1.25 bits per heavy atom. The smallest absolute Gasteiger partial charge is 0.421 e. The second kappa shape index (κ2) is 8.47. The molecule has 9 heteroatoms. The van der Waals surface area contributed by atoms with Gasteiger partial charge in [-0.25, -0.2) is 4.98 Å². The predicted molar refractivity (Wildman–Crippen MR) is 92.7 cm³/mol. The molecule has 1 unspecified atom stereocenters. The number of rotatable bonds is 6. The summed E-state index contributed by atoms with van der Waals surface area (Å²) in [5.41, 5.74) is -0.208. The van der Waals surface area contributed by atoms with E-state index in [1.54, 1.807) is 24.3 Å². The first-order valence-electron chi connectivity index (χ1n) is 8.66. The molecule has 0 spiro atoms. The van der Waals surface area contributed by atoms with Crippen LogP contribution in [0.5, 0.6) is 11.6 Å². The van der Waals surface area contributed by atoms with Gasteiger partial charge in [-0.3, -0.25) is 4.79 Å². The minimum atomic E-state index is -4.56. The number of aliphatic hydroxyl groups excluding tert-OH is 1. The van der Waals surface area contributed by atoms with E-state index in [1.807, 2.05) is 0 Å². The summed E-state index contributed by atoms with van der Waals surface area (Å²) in [7, 11) is 0. The highest BCUT2D eigenvalue weighted by Gasteiger charge is 2.37. The van der Waals surface area contributed by atoms with Crippen LogP contribution in [0.3, 0.4) is 0 Å².